The highest BCUT2D eigenvalue weighted by Crippen LogP contribution is 2.13. The van der Waals surface area contributed by atoms with Crippen LogP contribution in [0.1, 0.15) is 0 Å². The quantitative estimate of drug-likeness (QED) is 0.354. The third-order valence-electron chi connectivity index (χ3n) is 1.78. The largest absolute Gasteiger partial charge is 0.480 e. The van der Waals surface area contributed by atoms with Gasteiger partial charge in [-0.25, -0.2) is 0 Å². The van der Waals surface area contributed by atoms with Gasteiger partial charge >= 0.3 is 17.8 Å². The van der Waals surface area contributed by atoms with Crippen molar-refractivity contribution < 1.29 is 24.6 Å². The highest BCUT2D eigenvalue weighted by molar-refractivity contribution is 6.37. The third-order valence-corrected chi connectivity index (χ3v) is 1.78. The fourth-order valence-electron chi connectivity index (χ4n) is 1.09. The van der Waals surface area contributed by atoms with Crippen LogP contribution in [0.4, 0.5) is 0 Å². The van der Waals surface area contributed by atoms with E-state index in [0.29, 0.717) is 4.90 Å². The van der Waals surface area contributed by atoms with E-state index in [1.54, 1.807) is 0 Å². The van der Waals surface area contributed by atoms with Crippen LogP contribution >= 0.6 is 0 Å². The Labute approximate surface area is 78.3 Å². The van der Waals surface area contributed by atoms with Gasteiger partial charge in [-0.3, -0.25) is 19.3 Å². The highest BCUT2D eigenvalue weighted by Gasteiger charge is 2.49. The molecule has 1 saturated heterocycles. The Morgan fingerprint density at radius 3 is 2.57 bits per heavy atom. The first-order valence-corrected chi connectivity index (χ1v) is 3.69. The van der Waals surface area contributed by atoms with Crippen LogP contribution in [0.5, 0.6) is 0 Å². The van der Waals surface area contributed by atoms with Crippen molar-refractivity contribution in [2.75, 3.05) is 13.1 Å². The summed E-state index contributed by atoms with van der Waals surface area (Å²) in [4.78, 5) is 32.7. The SMILES string of the molecule is NC[C@@]1(O)NC(=O)C(=O)N1CC(=O)O. The molecule has 0 aromatic rings. The number of hydrogen-bond acceptors (Lipinski definition) is 5. The first kappa shape index (κ1) is 10.4. The molecule has 0 bridgehead atoms. The van der Waals surface area contributed by atoms with Crippen molar-refractivity contribution in [2.24, 2.45) is 5.73 Å². The molecule has 1 atom stereocenters. The normalized spacial score (nSPS) is 26.6. The molecule has 78 valence electrons. The summed E-state index contributed by atoms with van der Waals surface area (Å²) in [5.41, 5.74) is 5.11. The predicted molar refractivity (Wildman–Crippen MR) is 41.5 cm³/mol. The van der Waals surface area contributed by atoms with E-state index in [2.05, 4.69) is 0 Å². The molecule has 1 aliphatic heterocycles. The van der Waals surface area contributed by atoms with E-state index in [4.69, 9.17) is 10.8 Å². The number of rotatable bonds is 3. The van der Waals surface area contributed by atoms with Gasteiger partial charge in [-0.15, -0.1) is 0 Å². The summed E-state index contributed by atoms with van der Waals surface area (Å²) in [7, 11) is 0. The molecule has 14 heavy (non-hydrogen) atoms. The molecule has 2 amide bonds. The minimum atomic E-state index is -2.09. The molecule has 0 aromatic heterocycles. The van der Waals surface area contributed by atoms with Crippen molar-refractivity contribution in [1.29, 1.82) is 0 Å². The third kappa shape index (κ3) is 1.52. The zero-order chi connectivity index (χ0) is 10.9. The van der Waals surface area contributed by atoms with Gasteiger partial charge in [0.25, 0.3) is 0 Å². The highest BCUT2D eigenvalue weighted by atomic mass is 16.4. The Balaban J connectivity index is 2.92. The van der Waals surface area contributed by atoms with Gasteiger partial charge in [0.15, 0.2) is 0 Å². The van der Waals surface area contributed by atoms with Crippen LogP contribution < -0.4 is 11.1 Å². The lowest BCUT2D eigenvalue weighted by atomic mass is 10.3. The van der Waals surface area contributed by atoms with Crippen molar-refractivity contribution in [1.82, 2.24) is 10.2 Å². The molecular weight excluding hydrogens is 194 g/mol. The van der Waals surface area contributed by atoms with Crippen LogP contribution in [-0.4, -0.2) is 51.8 Å². The lowest BCUT2D eigenvalue weighted by Gasteiger charge is -2.29. The summed E-state index contributed by atoms with van der Waals surface area (Å²) in [5, 5.41) is 19.8. The Morgan fingerprint density at radius 1 is 1.57 bits per heavy atom. The fraction of sp³-hybridized carbons (Fsp3) is 0.500. The van der Waals surface area contributed by atoms with Crippen molar-refractivity contribution in [3.63, 3.8) is 0 Å². The van der Waals surface area contributed by atoms with Gasteiger partial charge in [-0.05, 0) is 0 Å². The van der Waals surface area contributed by atoms with E-state index >= 15 is 0 Å². The van der Waals surface area contributed by atoms with Crippen LogP contribution in [0, 0.1) is 0 Å². The number of carbonyl (C=O) groups excluding carboxylic acids is 2. The molecule has 0 unspecified atom stereocenters. The van der Waals surface area contributed by atoms with E-state index in [-0.39, 0.29) is 0 Å². The Morgan fingerprint density at radius 2 is 2.14 bits per heavy atom. The molecule has 5 N–H and O–H groups in total. The van der Waals surface area contributed by atoms with Crippen LogP contribution in [0.25, 0.3) is 0 Å². The summed E-state index contributed by atoms with van der Waals surface area (Å²) < 4.78 is 0. The maximum atomic E-state index is 11.1. The van der Waals surface area contributed by atoms with Gasteiger partial charge in [-0.1, -0.05) is 0 Å². The number of hydrogen-bond donors (Lipinski definition) is 4. The minimum Gasteiger partial charge on any atom is -0.480 e. The van der Waals surface area contributed by atoms with Crippen LogP contribution in [0.3, 0.4) is 0 Å². The molecule has 1 aliphatic rings. The van der Waals surface area contributed by atoms with Crippen molar-refractivity contribution in [3.8, 4) is 0 Å². The first-order valence-electron chi connectivity index (χ1n) is 3.69. The number of nitrogens with one attached hydrogen (secondary N) is 1. The number of carboxylic acid groups (broad SMARTS) is 1. The first-order chi connectivity index (χ1) is 6.40. The molecule has 0 spiro atoms. The average molecular weight is 203 g/mol. The van der Waals surface area contributed by atoms with Gasteiger partial charge in [0.1, 0.15) is 6.54 Å². The van der Waals surface area contributed by atoms with Gasteiger partial charge in [0.2, 0.25) is 5.85 Å². The minimum absolute atomic E-state index is 0.470. The number of carbonyl (C=O) groups is 3. The summed E-state index contributed by atoms with van der Waals surface area (Å²) in [6.45, 7) is -1.26. The smallest absolute Gasteiger partial charge is 0.323 e. The van der Waals surface area contributed by atoms with E-state index in [9.17, 15) is 19.5 Å². The van der Waals surface area contributed by atoms with Crippen LogP contribution in [0.2, 0.25) is 0 Å². The van der Waals surface area contributed by atoms with Crippen molar-refractivity contribution in [3.05, 3.63) is 0 Å². The summed E-state index contributed by atoms with van der Waals surface area (Å²) in [5.74, 6) is -5.62. The summed E-state index contributed by atoms with van der Waals surface area (Å²) in [6, 6.07) is 0. The van der Waals surface area contributed by atoms with Crippen LogP contribution in [0.15, 0.2) is 0 Å². The number of nitrogens with zero attached hydrogens (tertiary/aromatic N) is 1. The molecule has 0 aromatic carbocycles. The maximum Gasteiger partial charge on any atom is 0.323 e. The van der Waals surface area contributed by atoms with E-state index in [1.807, 2.05) is 5.32 Å². The lowest BCUT2D eigenvalue weighted by Crippen LogP contribution is -2.58. The monoisotopic (exact) mass is 203 g/mol. The lowest BCUT2D eigenvalue weighted by molar-refractivity contribution is -0.158. The van der Waals surface area contributed by atoms with Gasteiger partial charge in [0.05, 0.1) is 6.54 Å². The van der Waals surface area contributed by atoms with Crippen LogP contribution in [-0.2, 0) is 14.4 Å². The van der Waals surface area contributed by atoms with E-state index in [0.717, 1.165) is 0 Å². The number of aliphatic hydroxyl groups is 1. The Bertz CT molecular complexity index is 304. The second kappa shape index (κ2) is 3.24. The molecule has 0 aliphatic carbocycles. The molecular formula is C6H9N3O5. The molecule has 0 saturated carbocycles. The Kier molecular flexibility index (Phi) is 2.41. The molecule has 0 radical (unpaired) electrons. The second-order valence-electron chi connectivity index (χ2n) is 2.76. The zero-order valence-corrected chi connectivity index (χ0v) is 7.06. The molecule has 1 fully saturated rings. The van der Waals surface area contributed by atoms with Crippen molar-refractivity contribution in [2.45, 2.75) is 5.85 Å². The topological polar surface area (TPSA) is 133 Å². The second-order valence-corrected chi connectivity index (χ2v) is 2.76. The molecule has 1 rings (SSSR count). The number of carboxylic acids is 1. The average Bonchev–Trinajstić information content (AvgIpc) is 2.30. The van der Waals surface area contributed by atoms with E-state index in [1.165, 1.54) is 0 Å². The predicted octanol–water partition coefficient (Wildman–Crippen LogP) is -3.37. The van der Waals surface area contributed by atoms with Gasteiger partial charge in [0, 0.05) is 0 Å². The number of aliphatic carboxylic acids is 1. The summed E-state index contributed by atoms with van der Waals surface area (Å²) in [6.07, 6.45) is 0. The molecule has 8 heteroatoms. The Hall–Kier alpha value is -1.67. The zero-order valence-electron chi connectivity index (χ0n) is 7.06. The van der Waals surface area contributed by atoms with Gasteiger partial charge < -0.3 is 21.3 Å². The van der Waals surface area contributed by atoms with E-state index < -0.39 is 36.7 Å². The maximum absolute atomic E-state index is 11.1. The fourth-order valence-corrected chi connectivity index (χ4v) is 1.09. The number of amides is 2. The van der Waals surface area contributed by atoms with Gasteiger partial charge in [-0.2, -0.15) is 0 Å². The molecule has 1 heterocycles. The number of nitrogens with two attached hydrogens (primary N) is 1. The van der Waals surface area contributed by atoms with Crippen molar-refractivity contribution >= 4 is 17.8 Å². The molecule has 8 nitrogen and oxygen atoms in total. The standard InChI is InChI=1S/C6H9N3O5/c7-2-6(14)8-4(12)5(13)9(6)1-3(10)11/h14H,1-2,7H2,(H,8,12)(H,10,11)/t6-/m1/s1. The summed E-state index contributed by atoms with van der Waals surface area (Å²) >= 11 is 0.